The molecule has 0 bridgehead atoms. The van der Waals surface area contributed by atoms with E-state index in [0.717, 1.165) is 16.7 Å². The van der Waals surface area contributed by atoms with Crippen LogP contribution in [-0.4, -0.2) is 28.7 Å². The third-order valence-corrected chi connectivity index (χ3v) is 9.28. The Kier molecular flexibility index (Phi) is 4.77. The Balaban J connectivity index is 1.38. The highest BCUT2D eigenvalue weighted by Crippen LogP contribution is 2.62. The second-order valence-electron chi connectivity index (χ2n) is 11.1. The third kappa shape index (κ3) is 2.97. The first-order chi connectivity index (χ1) is 18.3. The molecule has 0 aromatic heterocycles. The maximum atomic E-state index is 14.3. The number of rotatable bonds is 2. The fourth-order valence-electron chi connectivity index (χ4n) is 7.58. The molecule has 2 aromatic carbocycles. The Bertz CT molecular complexity index is 1490. The number of hydrogen-bond donors (Lipinski definition) is 2. The van der Waals surface area contributed by atoms with Crippen molar-refractivity contribution in [3.05, 3.63) is 77.6 Å². The van der Waals surface area contributed by atoms with Crippen LogP contribution in [0, 0.1) is 35.0 Å². The molecule has 38 heavy (non-hydrogen) atoms. The molecular formula is C30H26N2O6. The van der Waals surface area contributed by atoms with Gasteiger partial charge in [-0.2, -0.15) is 0 Å². The molecular weight excluding hydrogens is 484 g/mol. The largest absolute Gasteiger partial charge is 0.508 e. The van der Waals surface area contributed by atoms with E-state index in [9.17, 15) is 24.3 Å². The van der Waals surface area contributed by atoms with Crippen molar-refractivity contribution in [2.75, 3.05) is 4.90 Å². The van der Waals surface area contributed by atoms with Gasteiger partial charge in [0.05, 0.1) is 35.1 Å². The van der Waals surface area contributed by atoms with E-state index < -0.39 is 29.1 Å². The number of amides is 4. The predicted molar refractivity (Wildman–Crippen MR) is 135 cm³/mol. The molecule has 2 saturated heterocycles. The van der Waals surface area contributed by atoms with Gasteiger partial charge in [0.25, 0.3) is 0 Å². The summed E-state index contributed by atoms with van der Waals surface area (Å²) < 4.78 is 5.97. The standard InChI is InChI=1S/C30H26N2O6/c1-30-22(28(36)32(29(30)37)17-5-3-2-4-6-17)13-21-19(8-9-20-24(21)27(35)31-26(20)34)25(30)16-11-15-12-18(33)7-10-23(15)38-14-16/h2-8,10,12,14,20-22,24-25,33H,9,11,13H2,1H3,(H,31,34,35)/t20-,21+,22-,24-,25-,30+/m0/s1. The van der Waals surface area contributed by atoms with E-state index in [2.05, 4.69) is 5.32 Å². The number of allylic oxidation sites excluding steroid dienone is 3. The van der Waals surface area contributed by atoms with E-state index in [1.54, 1.807) is 48.7 Å². The smallest absolute Gasteiger partial charge is 0.241 e. The minimum atomic E-state index is -1.11. The number of fused-ring (bicyclic) bond motifs is 5. The molecule has 8 heteroatoms. The van der Waals surface area contributed by atoms with E-state index in [1.807, 2.05) is 19.1 Å². The van der Waals surface area contributed by atoms with E-state index in [0.29, 0.717) is 30.7 Å². The van der Waals surface area contributed by atoms with Gasteiger partial charge in [0.2, 0.25) is 23.6 Å². The van der Waals surface area contributed by atoms with Gasteiger partial charge in [-0.15, -0.1) is 0 Å². The number of nitrogens with zero attached hydrogens (tertiary/aromatic N) is 1. The van der Waals surface area contributed by atoms with Gasteiger partial charge in [-0.1, -0.05) is 29.8 Å². The summed E-state index contributed by atoms with van der Waals surface area (Å²) in [6, 6.07) is 13.8. The summed E-state index contributed by atoms with van der Waals surface area (Å²) in [7, 11) is 0. The van der Waals surface area contributed by atoms with Crippen LogP contribution in [0.15, 0.2) is 72.0 Å². The highest BCUT2D eigenvalue weighted by Gasteiger charge is 2.67. The number of phenols is 1. The fraction of sp³-hybridized carbons (Fsp3) is 0.333. The normalized spacial score (nSPS) is 33.4. The lowest BCUT2D eigenvalue weighted by molar-refractivity contribution is -0.132. The van der Waals surface area contributed by atoms with E-state index in [-0.39, 0.29) is 35.3 Å². The van der Waals surface area contributed by atoms with Gasteiger partial charge >= 0.3 is 0 Å². The quantitative estimate of drug-likeness (QED) is 0.474. The van der Waals surface area contributed by atoms with Crippen molar-refractivity contribution < 1.29 is 29.0 Å². The number of carbonyl (C=O) groups is 4. The SMILES string of the molecule is C[C@@]12C(=O)N(c3ccccc3)C(=O)[C@@H]1C[C@@H]1C(=CC[C@@H]3C(=O)NC(=O)[C@@H]31)[C@@H]2C1=COc2ccc(O)cc2C1. The number of carbonyl (C=O) groups excluding carboxylic acids is 4. The van der Waals surface area contributed by atoms with E-state index in [4.69, 9.17) is 4.74 Å². The van der Waals surface area contributed by atoms with Crippen molar-refractivity contribution in [2.45, 2.75) is 26.2 Å². The lowest BCUT2D eigenvalue weighted by Gasteiger charge is -2.49. The zero-order chi connectivity index (χ0) is 26.3. The van der Waals surface area contributed by atoms with Crippen LogP contribution in [0.25, 0.3) is 0 Å². The van der Waals surface area contributed by atoms with Gasteiger partial charge < -0.3 is 9.84 Å². The molecule has 6 atom stereocenters. The molecule has 5 aliphatic rings. The predicted octanol–water partition coefficient (Wildman–Crippen LogP) is 3.26. The van der Waals surface area contributed by atoms with Crippen molar-refractivity contribution in [2.24, 2.45) is 35.0 Å². The van der Waals surface area contributed by atoms with Crippen molar-refractivity contribution >= 4 is 29.3 Å². The molecule has 3 aliphatic heterocycles. The van der Waals surface area contributed by atoms with Crippen molar-refractivity contribution in [1.82, 2.24) is 5.32 Å². The van der Waals surface area contributed by atoms with Crippen LogP contribution in [0.3, 0.4) is 0 Å². The van der Waals surface area contributed by atoms with Crippen LogP contribution in [0.2, 0.25) is 0 Å². The molecule has 0 spiro atoms. The van der Waals surface area contributed by atoms with Crippen LogP contribution in [0.4, 0.5) is 5.69 Å². The first-order valence-electron chi connectivity index (χ1n) is 12.9. The number of ether oxygens (including phenoxy) is 1. The highest BCUT2D eigenvalue weighted by atomic mass is 16.5. The molecule has 0 unspecified atom stereocenters. The Morgan fingerprint density at radius 2 is 1.82 bits per heavy atom. The second-order valence-corrected chi connectivity index (χ2v) is 11.1. The van der Waals surface area contributed by atoms with Gasteiger partial charge in [0, 0.05) is 17.9 Å². The van der Waals surface area contributed by atoms with Gasteiger partial charge in [0.1, 0.15) is 11.5 Å². The van der Waals surface area contributed by atoms with E-state index >= 15 is 0 Å². The zero-order valence-corrected chi connectivity index (χ0v) is 20.7. The minimum absolute atomic E-state index is 0.113. The number of imide groups is 2. The molecule has 4 amide bonds. The summed E-state index contributed by atoms with van der Waals surface area (Å²) in [5.74, 6) is -2.95. The average molecular weight is 511 g/mol. The van der Waals surface area contributed by atoms with E-state index in [1.165, 1.54) is 4.90 Å². The van der Waals surface area contributed by atoms with Crippen molar-refractivity contribution in [1.29, 1.82) is 0 Å². The van der Waals surface area contributed by atoms with Crippen molar-refractivity contribution in [3.8, 4) is 11.5 Å². The lowest BCUT2D eigenvalue weighted by atomic mass is 9.51. The maximum absolute atomic E-state index is 14.3. The monoisotopic (exact) mass is 510 g/mol. The van der Waals surface area contributed by atoms with Crippen LogP contribution in [-0.2, 0) is 25.6 Å². The highest BCUT2D eigenvalue weighted by molar-refractivity contribution is 6.24. The number of nitrogens with one attached hydrogen (secondary N) is 1. The minimum Gasteiger partial charge on any atom is -0.508 e. The Labute approximate surface area is 219 Å². The summed E-state index contributed by atoms with van der Waals surface area (Å²) >= 11 is 0. The number of benzene rings is 2. The van der Waals surface area contributed by atoms with Crippen molar-refractivity contribution in [3.63, 3.8) is 0 Å². The zero-order valence-electron chi connectivity index (χ0n) is 20.7. The average Bonchev–Trinajstić information content (AvgIpc) is 3.31. The van der Waals surface area contributed by atoms with Crippen LogP contribution in [0.1, 0.15) is 25.3 Å². The van der Waals surface area contributed by atoms with Gasteiger partial charge in [-0.05, 0) is 61.6 Å². The Hall–Kier alpha value is -4.20. The molecule has 0 radical (unpaired) electrons. The topological polar surface area (TPSA) is 113 Å². The number of anilines is 1. The van der Waals surface area contributed by atoms with Crippen LogP contribution >= 0.6 is 0 Å². The summed E-state index contributed by atoms with van der Waals surface area (Å²) in [4.78, 5) is 55.1. The summed E-state index contributed by atoms with van der Waals surface area (Å²) in [6.45, 7) is 1.85. The molecule has 1 saturated carbocycles. The molecule has 192 valence electrons. The molecule has 2 aliphatic carbocycles. The summed E-state index contributed by atoms with van der Waals surface area (Å²) in [6.07, 6.45) is 4.82. The molecule has 2 aromatic rings. The van der Waals surface area contributed by atoms with Crippen LogP contribution < -0.4 is 15.0 Å². The Morgan fingerprint density at radius 1 is 1.03 bits per heavy atom. The maximum Gasteiger partial charge on any atom is 0.241 e. The van der Waals surface area contributed by atoms with Gasteiger partial charge in [0.15, 0.2) is 0 Å². The first kappa shape index (κ1) is 23.0. The molecule has 3 heterocycles. The first-order valence-corrected chi connectivity index (χ1v) is 12.9. The number of phenolic OH excluding ortho intramolecular Hbond substituents is 1. The van der Waals surface area contributed by atoms with Gasteiger partial charge in [-0.3, -0.25) is 24.5 Å². The number of para-hydroxylation sites is 1. The molecule has 2 N–H and O–H groups in total. The number of hydrogen-bond acceptors (Lipinski definition) is 6. The Morgan fingerprint density at radius 3 is 2.61 bits per heavy atom. The molecule has 8 nitrogen and oxygen atoms in total. The lowest BCUT2D eigenvalue weighted by Crippen LogP contribution is -2.51. The molecule has 7 rings (SSSR count). The number of aromatic hydroxyl groups is 1. The molecule has 3 fully saturated rings. The summed E-state index contributed by atoms with van der Waals surface area (Å²) in [5.41, 5.74) is 1.93. The van der Waals surface area contributed by atoms with Crippen LogP contribution in [0.5, 0.6) is 11.5 Å². The van der Waals surface area contributed by atoms with Gasteiger partial charge in [-0.25, -0.2) is 4.90 Å². The fourth-order valence-corrected chi connectivity index (χ4v) is 7.58. The third-order valence-electron chi connectivity index (χ3n) is 9.28. The summed E-state index contributed by atoms with van der Waals surface area (Å²) in [5, 5.41) is 12.6. The second kappa shape index (κ2) is 7.90.